The fourth-order valence-electron chi connectivity index (χ4n) is 2.40. The Morgan fingerprint density at radius 2 is 2.17 bits per heavy atom. The minimum Gasteiger partial charge on any atom is -0.393 e. The summed E-state index contributed by atoms with van der Waals surface area (Å²) in [6.07, 6.45) is 6.12. The van der Waals surface area contributed by atoms with Crippen molar-refractivity contribution in [2.75, 3.05) is 18.9 Å². The van der Waals surface area contributed by atoms with Crippen molar-refractivity contribution in [2.24, 2.45) is 5.92 Å². The topological polar surface area (TPSA) is 30.5 Å². The van der Waals surface area contributed by atoms with Crippen LogP contribution in [0.3, 0.4) is 0 Å². The second kappa shape index (κ2) is 9.37. The summed E-state index contributed by atoms with van der Waals surface area (Å²) < 4.78 is 12.1. The predicted octanol–water partition coefficient (Wildman–Crippen LogP) is 3.52. The molecule has 2 atom stereocenters. The summed E-state index contributed by atoms with van der Waals surface area (Å²) in [5.41, 5.74) is 3.21. The van der Waals surface area contributed by atoms with Crippen LogP contribution in [0.4, 0.5) is 0 Å². The van der Waals surface area contributed by atoms with Gasteiger partial charge in [-0.25, -0.2) is 5.48 Å². The van der Waals surface area contributed by atoms with Crippen LogP contribution in [0, 0.1) is 5.92 Å². The summed E-state index contributed by atoms with van der Waals surface area (Å²) in [5.74, 6) is 1.62. The summed E-state index contributed by atoms with van der Waals surface area (Å²) in [4.78, 5) is 0. The minimum absolute atomic E-state index is 0.707. The van der Waals surface area contributed by atoms with Crippen LogP contribution >= 0.6 is 12.6 Å². The molecule has 0 bridgehead atoms. The summed E-state index contributed by atoms with van der Waals surface area (Å²) >= 11 is 4.29. The van der Waals surface area contributed by atoms with Crippen molar-refractivity contribution in [3.63, 3.8) is 0 Å². The van der Waals surface area contributed by atoms with E-state index in [1.807, 2.05) is 0 Å². The molecule has 5 heteroatoms. The first kappa shape index (κ1) is 16.5. The molecule has 1 rings (SSSR count). The molecule has 0 amide bonds. The van der Waals surface area contributed by atoms with Crippen molar-refractivity contribution in [3.8, 4) is 0 Å². The largest absolute Gasteiger partial charge is 0.393 e. The smallest absolute Gasteiger partial charge is 0.357 e. The molecule has 1 saturated heterocycles. The lowest BCUT2D eigenvalue weighted by atomic mass is 9.99. The average Bonchev–Trinajstić information content (AvgIpc) is 2.37. The number of thiol groups is 1. The number of nitrogens with one attached hydrogen (secondary N) is 1. The van der Waals surface area contributed by atoms with Crippen LogP contribution in [0.1, 0.15) is 46.0 Å². The molecule has 1 heterocycles. The van der Waals surface area contributed by atoms with E-state index < -0.39 is 8.56 Å². The quantitative estimate of drug-likeness (QED) is 0.556. The Balaban J connectivity index is 2.39. The monoisotopic (exact) mass is 291 g/mol. The number of rotatable bonds is 7. The van der Waals surface area contributed by atoms with Crippen LogP contribution in [0.5, 0.6) is 0 Å². The van der Waals surface area contributed by atoms with Crippen LogP contribution in [0.25, 0.3) is 0 Å². The van der Waals surface area contributed by atoms with Gasteiger partial charge in [-0.2, -0.15) is 12.6 Å². The van der Waals surface area contributed by atoms with Crippen LogP contribution < -0.4 is 5.48 Å². The van der Waals surface area contributed by atoms with Gasteiger partial charge in [0.05, 0.1) is 0 Å². The third-order valence-electron chi connectivity index (χ3n) is 3.74. The zero-order valence-corrected chi connectivity index (χ0v) is 13.8. The molecular weight excluding hydrogens is 262 g/mol. The van der Waals surface area contributed by atoms with E-state index >= 15 is 0 Å². The third-order valence-corrected chi connectivity index (χ3v) is 7.50. The molecule has 1 fully saturated rings. The number of hydrogen-bond acceptors (Lipinski definition) is 4. The lowest BCUT2D eigenvalue weighted by Gasteiger charge is -2.33. The highest BCUT2D eigenvalue weighted by atomic mass is 32.1. The Hall–Kier alpha value is 0.447. The maximum Gasteiger partial charge on any atom is 0.357 e. The van der Waals surface area contributed by atoms with Gasteiger partial charge in [0.1, 0.15) is 0 Å². The van der Waals surface area contributed by atoms with Gasteiger partial charge in [-0.15, -0.1) is 0 Å². The molecule has 0 saturated carbocycles. The Morgan fingerprint density at radius 1 is 1.33 bits per heavy atom. The van der Waals surface area contributed by atoms with Gasteiger partial charge in [-0.05, 0) is 43.0 Å². The summed E-state index contributed by atoms with van der Waals surface area (Å²) in [7, 11) is -1.98. The fraction of sp³-hybridized carbons (Fsp3) is 1.00. The van der Waals surface area contributed by atoms with Crippen molar-refractivity contribution in [3.05, 3.63) is 0 Å². The van der Waals surface area contributed by atoms with Crippen LogP contribution in [-0.2, 0) is 8.95 Å². The fourth-order valence-corrected chi connectivity index (χ4v) is 5.41. The summed E-state index contributed by atoms with van der Waals surface area (Å²) in [6.45, 7) is 6.29. The number of unbranched alkanes of at least 4 members (excludes halogenated alkanes) is 1. The van der Waals surface area contributed by atoms with Gasteiger partial charge < -0.3 is 8.95 Å². The maximum absolute atomic E-state index is 6.15. The van der Waals surface area contributed by atoms with E-state index in [1.54, 1.807) is 0 Å². The molecule has 2 unspecified atom stereocenters. The van der Waals surface area contributed by atoms with Gasteiger partial charge in [-0.1, -0.05) is 26.7 Å². The van der Waals surface area contributed by atoms with Gasteiger partial charge in [-0.3, -0.25) is 0 Å². The number of hydroxylamine groups is 1. The molecule has 1 aliphatic rings. The van der Waals surface area contributed by atoms with Gasteiger partial charge in [0.15, 0.2) is 0 Å². The SMILES string of the molecule is CCCCC1CCO[Si](CC)(CCCS)ONC1. The van der Waals surface area contributed by atoms with Crippen LogP contribution in [0.2, 0.25) is 12.1 Å². The highest BCUT2D eigenvalue weighted by Crippen LogP contribution is 2.24. The Bertz CT molecular complexity index is 209. The maximum atomic E-state index is 6.15. The number of hydrogen-bond donors (Lipinski definition) is 2. The normalized spacial score (nSPS) is 29.8. The van der Waals surface area contributed by atoms with E-state index in [2.05, 4.69) is 32.0 Å². The molecule has 0 spiro atoms. The molecule has 0 aromatic carbocycles. The first-order valence-corrected chi connectivity index (χ1v) is 10.3. The van der Waals surface area contributed by atoms with E-state index in [0.29, 0.717) is 5.92 Å². The Kier molecular flexibility index (Phi) is 8.59. The second-order valence-corrected chi connectivity index (χ2v) is 9.16. The molecule has 18 heavy (non-hydrogen) atoms. The lowest BCUT2D eigenvalue weighted by molar-refractivity contribution is 0.0644. The van der Waals surface area contributed by atoms with E-state index in [9.17, 15) is 0 Å². The lowest BCUT2D eigenvalue weighted by Crippen LogP contribution is -2.49. The average molecular weight is 292 g/mol. The molecule has 0 aromatic rings. The second-order valence-electron chi connectivity index (χ2n) is 5.19. The van der Waals surface area contributed by atoms with E-state index in [4.69, 9.17) is 8.95 Å². The van der Waals surface area contributed by atoms with Crippen molar-refractivity contribution in [1.82, 2.24) is 5.48 Å². The Morgan fingerprint density at radius 3 is 2.83 bits per heavy atom. The predicted molar refractivity (Wildman–Crippen MR) is 82.2 cm³/mol. The van der Waals surface area contributed by atoms with Gasteiger partial charge >= 0.3 is 8.56 Å². The molecule has 3 nitrogen and oxygen atoms in total. The van der Waals surface area contributed by atoms with E-state index in [1.165, 1.54) is 25.7 Å². The third kappa shape index (κ3) is 5.61. The van der Waals surface area contributed by atoms with Crippen molar-refractivity contribution in [1.29, 1.82) is 0 Å². The molecule has 0 aromatic heterocycles. The van der Waals surface area contributed by atoms with Crippen molar-refractivity contribution >= 4 is 21.2 Å². The molecule has 1 aliphatic heterocycles. The summed E-state index contributed by atoms with van der Waals surface area (Å²) in [6, 6.07) is 2.08. The van der Waals surface area contributed by atoms with Gasteiger partial charge in [0.2, 0.25) is 0 Å². The molecule has 108 valence electrons. The molecule has 0 aliphatic carbocycles. The van der Waals surface area contributed by atoms with Crippen molar-refractivity contribution < 1.29 is 8.95 Å². The van der Waals surface area contributed by atoms with Crippen LogP contribution in [-0.4, -0.2) is 27.5 Å². The van der Waals surface area contributed by atoms with Gasteiger partial charge in [0, 0.05) is 13.2 Å². The first-order valence-electron chi connectivity index (χ1n) is 7.42. The molecule has 1 N–H and O–H groups in total. The van der Waals surface area contributed by atoms with Gasteiger partial charge in [0.25, 0.3) is 0 Å². The highest BCUT2D eigenvalue weighted by molar-refractivity contribution is 7.80. The zero-order valence-electron chi connectivity index (χ0n) is 11.9. The highest BCUT2D eigenvalue weighted by Gasteiger charge is 2.37. The van der Waals surface area contributed by atoms with Crippen molar-refractivity contribution in [2.45, 2.75) is 58.0 Å². The Labute approximate surface area is 119 Å². The molecular formula is C13H29NO2SSi. The summed E-state index contributed by atoms with van der Waals surface area (Å²) in [5, 5.41) is 0. The first-order chi connectivity index (χ1) is 8.76. The van der Waals surface area contributed by atoms with E-state index in [-0.39, 0.29) is 0 Å². The van der Waals surface area contributed by atoms with Crippen LogP contribution in [0.15, 0.2) is 0 Å². The molecule has 0 radical (unpaired) electrons. The standard InChI is InChI=1S/C13H29NO2SSi/c1-3-5-7-13-8-9-15-18(4-2,11-6-10-17)16-14-12-13/h13-14,17H,3-12H2,1-2H3. The minimum atomic E-state index is -1.98. The van der Waals surface area contributed by atoms with E-state index in [0.717, 1.165) is 37.4 Å². The zero-order chi connectivity index (χ0) is 13.3.